The average Bonchev–Trinajstić information content (AvgIpc) is 3.03. The van der Waals surface area contributed by atoms with Crippen LogP contribution in [0.25, 0.3) is 0 Å². The second-order valence-corrected chi connectivity index (χ2v) is 6.19. The summed E-state index contributed by atoms with van der Waals surface area (Å²) < 4.78 is 18.2. The van der Waals surface area contributed by atoms with Crippen LogP contribution in [0.15, 0.2) is 24.3 Å². The molecule has 8 heteroatoms. The fraction of sp³-hybridized carbons (Fsp3) is 0.562. The maximum absolute atomic E-state index is 12.8. The van der Waals surface area contributed by atoms with Gasteiger partial charge >= 0.3 is 0 Å². The topological polar surface area (TPSA) is 94.7 Å². The van der Waals surface area contributed by atoms with E-state index in [0.29, 0.717) is 11.8 Å². The zero-order valence-electron chi connectivity index (χ0n) is 13.3. The number of hydrogen-bond donors (Lipinski definition) is 5. The maximum atomic E-state index is 12.8. The van der Waals surface area contributed by atoms with Gasteiger partial charge < -0.3 is 20.5 Å². The van der Waals surface area contributed by atoms with Crippen molar-refractivity contribution in [3.8, 4) is 5.75 Å². The first-order chi connectivity index (χ1) is 11.6. The van der Waals surface area contributed by atoms with E-state index in [1.165, 1.54) is 24.3 Å². The number of hydrogen-bond acceptors (Lipinski definition) is 6. The zero-order chi connectivity index (χ0) is 16.9. The highest BCUT2D eigenvalue weighted by molar-refractivity contribution is 5.82. The lowest BCUT2D eigenvalue weighted by atomic mass is 9.89. The molecule has 0 aromatic heterocycles. The highest BCUT2D eigenvalue weighted by Crippen LogP contribution is 2.20. The Bertz CT molecular complexity index is 557. The van der Waals surface area contributed by atoms with Gasteiger partial charge in [0.25, 0.3) is 0 Å². The van der Waals surface area contributed by atoms with Crippen molar-refractivity contribution in [1.29, 1.82) is 0 Å². The molecule has 4 atom stereocenters. The molecule has 0 aliphatic carbocycles. The van der Waals surface area contributed by atoms with Gasteiger partial charge in [0.2, 0.25) is 5.91 Å². The van der Waals surface area contributed by atoms with Crippen molar-refractivity contribution < 1.29 is 19.0 Å². The number of carbonyl (C=O) groups excluding carboxylic acids is 1. The maximum Gasteiger partial charge on any atom is 0.238 e. The molecule has 1 amide bonds. The molecule has 3 rings (SSSR count). The van der Waals surface area contributed by atoms with Crippen LogP contribution in [0.3, 0.4) is 0 Å². The van der Waals surface area contributed by atoms with Crippen molar-refractivity contribution in [2.75, 3.05) is 26.2 Å². The van der Waals surface area contributed by atoms with E-state index in [1.807, 2.05) is 0 Å². The number of halogens is 1. The molecule has 5 N–H and O–H groups in total. The molecular formula is C16H23FN4O3. The fourth-order valence-corrected chi connectivity index (χ4v) is 3.09. The molecule has 24 heavy (non-hydrogen) atoms. The van der Waals surface area contributed by atoms with Crippen LogP contribution >= 0.6 is 0 Å². The Morgan fingerprint density at radius 1 is 1.38 bits per heavy atom. The second-order valence-electron chi connectivity index (χ2n) is 6.19. The van der Waals surface area contributed by atoms with Crippen LogP contribution < -0.4 is 26.2 Å². The molecule has 132 valence electrons. The molecule has 1 aromatic carbocycles. The van der Waals surface area contributed by atoms with Crippen molar-refractivity contribution >= 4 is 5.91 Å². The zero-order valence-corrected chi connectivity index (χ0v) is 13.3. The molecule has 0 bridgehead atoms. The summed E-state index contributed by atoms with van der Waals surface area (Å²) in [6, 6.07) is 5.55. The van der Waals surface area contributed by atoms with Crippen LogP contribution in [0.1, 0.15) is 6.42 Å². The van der Waals surface area contributed by atoms with Crippen LogP contribution in [-0.2, 0) is 4.79 Å². The third-order valence-electron chi connectivity index (χ3n) is 4.43. The van der Waals surface area contributed by atoms with Crippen molar-refractivity contribution in [3.05, 3.63) is 30.1 Å². The number of hydrazine groups is 1. The normalized spacial score (nSPS) is 27.3. The van der Waals surface area contributed by atoms with E-state index in [1.54, 1.807) is 0 Å². The summed E-state index contributed by atoms with van der Waals surface area (Å²) in [6.45, 7) is 1.86. The van der Waals surface area contributed by atoms with Gasteiger partial charge in [0, 0.05) is 25.0 Å². The van der Waals surface area contributed by atoms with Gasteiger partial charge in [0.15, 0.2) is 0 Å². The van der Waals surface area contributed by atoms with Crippen molar-refractivity contribution in [2.24, 2.45) is 5.92 Å². The number of aliphatic hydroxyl groups excluding tert-OH is 1. The Labute approximate surface area is 139 Å². The van der Waals surface area contributed by atoms with E-state index in [9.17, 15) is 14.3 Å². The van der Waals surface area contributed by atoms with Crippen LogP contribution in [0.2, 0.25) is 0 Å². The molecule has 0 radical (unpaired) electrons. The summed E-state index contributed by atoms with van der Waals surface area (Å²) >= 11 is 0. The standard InChI is InChI=1S/C16H23FN4O3/c17-10-1-3-12(4-2-10)24-9-11(22)7-19-16(23)15-13-8-18-6-5-14(13)20-21-15/h1-4,11,13-15,18,20-22H,5-9H2,(H,19,23). The second kappa shape index (κ2) is 7.89. The Kier molecular flexibility index (Phi) is 5.62. The summed E-state index contributed by atoms with van der Waals surface area (Å²) in [5.41, 5.74) is 6.19. The summed E-state index contributed by atoms with van der Waals surface area (Å²) in [7, 11) is 0. The predicted octanol–water partition coefficient (Wildman–Crippen LogP) is -0.864. The van der Waals surface area contributed by atoms with Crippen LogP contribution in [0.4, 0.5) is 4.39 Å². The smallest absolute Gasteiger partial charge is 0.238 e. The van der Waals surface area contributed by atoms with Gasteiger partial charge in [0.05, 0.1) is 0 Å². The van der Waals surface area contributed by atoms with Gasteiger partial charge in [-0.2, -0.15) is 0 Å². The summed E-state index contributed by atoms with van der Waals surface area (Å²) in [6.07, 6.45) is 0.143. The number of rotatable bonds is 6. The minimum Gasteiger partial charge on any atom is -0.491 e. The number of nitrogens with one attached hydrogen (secondary N) is 4. The third-order valence-corrected chi connectivity index (χ3v) is 4.43. The summed E-state index contributed by atoms with van der Waals surface area (Å²) in [5.74, 6) is 0.189. The van der Waals surface area contributed by atoms with E-state index >= 15 is 0 Å². The number of amides is 1. The minimum absolute atomic E-state index is 0.0237. The molecule has 7 nitrogen and oxygen atoms in total. The molecule has 2 aliphatic rings. The van der Waals surface area contributed by atoms with E-state index < -0.39 is 6.10 Å². The largest absolute Gasteiger partial charge is 0.491 e. The first kappa shape index (κ1) is 17.1. The van der Waals surface area contributed by atoms with Crippen LogP contribution in [0, 0.1) is 11.7 Å². The van der Waals surface area contributed by atoms with Gasteiger partial charge in [-0.25, -0.2) is 9.82 Å². The monoisotopic (exact) mass is 338 g/mol. The number of benzene rings is 1. The highest BCUT2D eigenvalue weighted by atomic mass is 19.1. The number of piperidine rings is 1. The van der Waals surface area contributed by atoms with Gasteiger partial charge in [-0.3, -0.25) is 10.2 Å². The first-order valence-electron chi connectivity index (χ1n) is 8.19. The Morgan fingerprint density at radius 3 is 2.96 bits per heavy atom. The quantitative estimate of drug-likeness (QED) is 0.463. The van der Waals surface area contributed by atoms with Gasteiger partial charge in [-0.05, 0) is 37.2 Å². The molecule has 2 aliphatic heterocycles. The lowest BCUT2D eigenvalue weighted by Gasteiger charge is -2.27. The van der Waals surface area contributed by atoms with Crippen LogP contribution in [-0.4, -0.2) is 55.4 Å². The van der Waals surface area contributed by atoms with Crippen molar-refractivity contribution in [1.82, 2.24) is 21.5 Å². The number of carbonyl (C=O) groups is 1. The van der Waals surface area contributed by atoms with Gasteiger partial charge in [-0.1, -0.05) is 0 Å². The highest BCUT2D eigenvalue weighted by Gasteiger charge is 2.41. The van der Waals surface area contributed by atoms with E-state index in [4.69, 9.17) is 4.74 Å². The lowest BCUT2D eigenvalue weighted by molar-refractivity contribution is -0.124. The van der Waals surface area contributed by atoms with Gasteiger partial charge in [0.1, 0.15) is 30.3 Å². The van der Waals surface area contributed by atoms with Crippen molar-refractivity contribution in [3.63, 3.8) is 0 Å². The molecular weight excluding hydrogens is 315 g/mol. The fourth-order valence-electron chi connectivity index (χ4n) is 3.09. The molecule has 2 saturated heterocycles. The predicted molar refractivity (Wildman–Crippen MR) is 85.7 cm³/mol. The Hall–Kier alpha value is -1.74. The van der Waals surface area contributed by atoms with Crippen LogP contribution in [0.5, 0.6) is 5.75 Å². The number of aliphatic hydroxyl groups is 1. The van der Waals surface area contributed by atoms with E-state index in [2.05, 4.69) is 21.5 Å². The molecule has 0 saturated carbocycles. The van der Waals surface area contributed by atoms with E-state index in [-0.39, 0.29) is 36.8 Å². The molecule has 2 heterocycles. The summed E-state index contributed by atoms with van der Waals surface area (Å²) in [5, 5.41) is 16.0. The minimum atomic E-state index is -0.839. The van der Waals surface area contributed by atoms with Crippen molar-refractivity contribution in [2.45, 2.75) is 24.6 Å². The SMILES string of the molecule is O=C(NCC(O)COc1ccc(F)cc1)C1NNC2CCNCC21. The molecule has 4 unspecified atom stereocenters. The van der Waals surface area contributed by atoms with E-state index in [0.717, 1.165) is 19.5 Å². The third kappa shape index (κ3) is 4.21. The average molecular weight is 338 g/mol. The molecule has 1 aromatic rings. The summed E-state index contributed by atoms with van der Waals surface area (Å²) in [4.78, 5) is 12.3. The number of fused-ring (bicyclic) bond motifs is 1. The lowest BCUT2D eigenvalue weighted by Crippen LogP contribution is -2.50. The Morgan fingerprint density at radius 2 is 2.17 bits per heavy atom. The molecule has 0 spiro atoms. The first-order valence-corrected chi connectivity index (χ1v) is 8.19. The Balaban J connectivity index is 1.40. The molecule has 2 fully saturated rings. The number of ether oxygens (including phenoxy) is 1. The van der Waals surface area contributed by atoms with Gasteiger partial charge in [-0.15, -0.1) is 0 Å².